The van der Waals surface area contributed by atoms with Crippen molar-refractivity contribution in [1.29, 1.82) is 0 Å². The molecule has 4 N–H and O–H groups in total. The standard InChI is InChI=1S/C22H19F3N4O2/c1-14-6-4-8-16(12-14)26-20(30)28-18-10-2-3-11-19(18)29-21(31)27-17-9-5-7-15(13-17)22(23,24)25/h2-13H,1H3,(H2,26,28,30)(H2,27,29,31). The van der Waals surface area contributed by atoms with Crippen LogP contribution in [-0.2, 0) is 6.18 Å². The molecule has 160 valence electrons. The Kier molecular flexibility index (Phi) is 6.44. The van der Waals surface area contributed by atoms with Gasteiger partial charge < -0.3 is 21.3 Å². The van der Waals surface area contributed by atoms with Crippen molar-refractivity contribution in [2.24, 2.45) is 0 Å². The Bertz CT molecular complexity index is 1100. The van der Waals surface area contributed by atoms with Gasteiger partial charge in [0.1, 0.15) is 0 Å². The van der Waals surface area contributed by atoms with E-state index in [-0.39, 0.29) is 11.4 Å². The molecule has 0 saturated carbocycles. The van der Waals surface area contributed by atoms with Crippen LogP contribution >= 0.6 is 0 Å². The number of amides is 4. The average molecular weight is 428 g/mol. The van der Waals surface area contributed by atoms with E-state index in [1.807, 2.05) is 13.0 Å². The van der Waals surface area contributed by atoms with Crippen molar-refractivity contribution in [1.82, 2.24) is 0 Å². The zero-order valence-corrected chi connectivity index (χ0v) is 16.4. The van der Waals surface area contributed by atoms with E-state index < -0.39 is 23.8 Å². The molecule has 31 heavy (non-hydrogen) atoms. The average Bonchev–Trinajstić information content (AvgIpc) is 2.69. The summed E-state index contributed by atoms with van der Waals surface area (Å²) >= 11 is 0. The summed E-state index contributed by atoms with van der Waals surface area (Å²) < 4.78 is 38.5. The normalized spacial score (nSPS) is 10.8. The van der Waals surface area contributed by atoms with Crippen LogP contribution in [0.15, 0.2) is 72.8 Å². The van der Waals surface area contributed by atoms with Crippen LogP contribution in [0.5, 0.6) is 0 Å². The lowest BCUT2D eigenvalue weighted by molar-refractivity contribution is -0.137. The molecule has 0 radical (unpaired) electrons. The third-order valence-electron chi connectivity index (χ3n) is 4.15. The summed E-state index contributed by atoms with van der Waals surface area (Å²) in [5.41, 5.74) is 1.27. The van der Waals surface area contributed by atoms with Gasteiger partial charge in [-0.05, 0) is 55.0 Å². The van der Waals surface area contributed by atoms with E-state index in [0.29, 0.717) is 11.4 Å². The first-order chi connectivity index (χ1) is 14.7. The van der Waals surface area contributed by atoms with Gasteiger partial charge in [0, 0.05) is 11.4 Å². The molecule has 0 unspecified atom stereocenters. The van der Waals surface area contributed by atoms with Crippen molar-refractivity contribution in [2.75, 3.05) is 21.3 Å². The minimum atomic E-state index is -4.52. The van der Waals surface area contributed by atoms with Gasteiger partial charge in [-0.2, -0.15) is 13.2 Å². The quantitative estimate of drug-likeness (QED) is 0.393. The molecule has 3 aromatic rings. The van der Waals surface area contributed by atoms with Crippen LogP contribution in [0.3, 0.4) is 0 Å². The van der Waals surface area contributed by atoms with E-state index in [1.165, 1.54) is 12.1 Å². The molecule has 0 heterocycles. The number of carbonyl (C=O) groups excluding carboxylic acids is 2. The molecule has 3 aromatic carbocycles. The lowest BCUT2D eigenvalue weighted by atomic mass is 10.2. The Labute approximate surface area is 176 Å². The number of nitrogens with one attached hydrogen (secondary N) is 4. The number of carbonyl (C=O) groups is 2. The van der Waals surface area contributed by atoms with E-state index in [1.54, 1.807) is 42.5 Å². The lowest BCUT2D eigenvalue weighted by Crippen LogP contribution is -2.23. The minimum Gasteiger partial charge on any atom is -0.308 e. The Morgan fingerprint density at radius 1 is 0.677 bits per heavy atom. The Balaban J connectivity index is 1.66. The van der Waals surface area contributed by atoms with Crippen LogP contribution in [0.4, 0.5) is 45.5 Å². The van der Waals surface area contributed by atoms with Crippen molar-refractivity contribution >= 4 is 34.8 Å². The zero-order chi connectivity index (χ0) is 22.4. The van der Waals surface area contributed by atoms with Crippen LogP contribution < -0.4 is 21.3 Å². The number of urea groups is 2. The molecule has 4 amide bonds. The highest BCUT2D eigenvalue weighted by Crippen LogP contribution is 2.30. The summed E-state index contributed by atoms with van der Waals surface area (Å²) in [6, 6.07) is 16.7. The number of aryl methyl sites for hydroxylation is 1. The van der Waals surface area contributed by atoms with Gasteiger partial charge in [0.05, 0.1) is 16.9 Å². The topological polar surface area (TPSA) is 82.3 Å². The highest BCUT2D eigenvalue weighted by molar-refractivity contribution is 6.06. The molecular formula is C22H19F3N4O2. The molecule has 0 bridgehead atoms. The summed E-state index contributed by atoms with van der Waals surface area (Å²) in [5.74, 6) is 0. The highest BCUT2D eigenvalue weighted by atomic mass is 19.4. The molecule has 0 aliphatic rings. The van der Waals surface area contributed by atoms with Crippen LogP contribution in [0, 0.1) is 6.92 Å². The number of rotatable bonds is 4. The Morgan fingerprint density at radius 2 is 1.19 bits per heavy atom. The third-order valence-corrected chi connectivity index (χ3v) is 4.15. The van der Waals surface area contributed by atoms with Gasteiger partial charge in [0.25, 0.3) is 0 Å². The Morgan fingerprint density at radius 3 is 1.71 bits per heavy atom. The first kappa shape index (κ1) is 21.7. The van der Waals surface area contributed by atoms with Crippen LogP contribution in [0.25, 0.3) is 0 Å². The van der Waals surface area contributed by atoms with Crippen LogP contribution in [0.1, 0.15) is 11.1 Å². The van der Waals surface area contributed by atoms with E-state index in [2.05, 4.69) is 21.3 Å². The maximum absolute atomic E-state index is 12.8. The summed E-state index contributed by atoms with van der Waals surface area (Å²) in [6.07, 6.45) is -4.52. The zero-order valence-electron chi connectivity index (χ0n) is 16.4. The number of para-hydroxylation sites is 2. The molecule has 0 aromatic heterocycles. The van der Waals surface area contributed by atoms with Gasteiger partial charge in [-0.25, -0.2) is 9.59 Å². The highest BCUT2D eigenvalue weighted by Gasteiger charge is 2.30. The predicted octanol–water partition coefficient (Wildman–Crippen LogP) is 6.30. The first-order valence-electron chi connectivity index (χ1n) is 9.20. The smallest absolute Gasteiger partial charge is 0.308 e. The molecule has 9 heteroatoms. The molecule has 0 fully saturated rings. The van der Waals surface area contributed by atoms with Gasteiger partial charge in [0.15, 0.2) is 0 Å². The fourth-order valence-electron chi connectivity index (χ4n) is 2.77. The predicted molar refractivity (Wildman–Crippen MR) is 114 cm³/mol. The molecule has 0 atom stereocenters. The molecule has 3 rings (SSSR count). The van der Waals surface area contributed by atoms with Crippen LogP contribution in [0.2, 0.25) is 0 Å². The van der Waals surface area contributed by atoms with Crippen molar-refractivity contribution in [2.45, 2.75) is 13.1 Å². The number of alkyl halides is 3. The van der Waals surface area contributed by atoms with Gasteiger partial charge in [-0.1, -0.05) is 30.3 Å². The maximum atomic E-state index is 12.8. The largest absolute Gasteiger partial charge is 0.416 e. The number of hydrogen-bond donors (Lipinski definition) is 4. The molecule has 0 spiro atoms. The SMILES string of the molecule is Cc1cccc(NC(=O)Nc2ccccc2NC(=O)Nc2cccc(C(F)(F)F)c2)c1. The summed E-state index contributed by atoms with van der Waals surface area (Å²) in [4.78, 5) is 24.6. The van der Waals surface area contributed by atoms with Crippen LogP contribution in [-0.4, -0.2) is 12.1 Å². The monoisotopic (exact) mass is 428 g/mol. The second-order valence-electron chi connectivity index (χ2n) is 6.65. The van der Waals surface area contributed by atoms with E-state index in [9.17, 15) is 22.8 Å². The van der Waals surface area contributed by atoms with Crippen molar-refractivity contribution in [3.8, 4) is 0 Å². The minimum absolute atomic E-state index is 0.0186. The number of halogens is 3. The summed E-state index contributed by atoms with van der Waals surface area (Å²) in [5, 5.41) is 10.2. The maximum Gasteiger partial charge on any atom is 0.416 e. The summed E-state index contributed by atoms with van der Waals surface area (Å²) in [6.45, 7) is 1.89. The fourth-order valence-corrected chi connectivity index (χ4v) is 2.77. The van der Waals surface area contributed by atoms with Crippen molar-refractivity contribution in [3.05, 3.63) is 83.9 Å². The lowest BCUT2D eigenvalue weighted by Gasteiger charge is -2.14. The van der Waals surface area contributed by atoms with E-state index in [0.717, 1.165) is 17.7 Å². The van der Waals surface area contributed by atoms with E-state index >= 15 is 0 Å². The van der Waals surface area contributed by atoms with Gasteiger partial charge >= 0.3 is 18.2 Å². The molecular weight excluding hydrogens is 409 g/mol. The second kappa shape index (κ2) is 9.21. The van der Waals surface area contributed by atoms with Gasteiger partial charge in [-0.15, -0.1) is 0 Å². The molecule has 0 aliphatic heterocycles. The second-order valence-corrected chi connectivity index (χ2v) is 6.65. The number of hydrogen-bond acceptors (Lipinski definition) is 2. The van der Waals surface area contributed by atoms with E-state index in [4.69, 9.17) is 0 Å². The van der Waals surface area contributed by atoms with Gasteiger partial charge in [0.2, 0.25) is 0 Å². The number of anilines is 4. The fraction of sp³-hybridized carbons (Fsp3) is 0.0909. The van der Waals surface area contributed by atoms with Crippen molar-refractivity contribution < 1.29 is 22.8 Å². The third kappa shape index (κ3) is 6.23. The Hall–Kier alpha value is -4.01. The molecule has 0 saturated heterocycles. The molecule has 0 aliphatic carbocycles. The van der Waals surface area contributed by atoms with Gasteiger partial charge in [-0.3, -0.25) is 0 Å². The first-order valence-corrected chi connectivity index (χ1v) is 9.20. The summed E-state index contributed by atoms with van der Waals surface area (Å²) in [7, 11) is 0. The number of benzene rings is 3. The van der Waals surface area contributed by atoms with Crippen molar-refractivity contribution in [3.63, 3.8) is 0 Å². The molecule has 6 nitrogen and oxygen atoms in total.